The normalized spacial score (nSPS) is 26.4. The first-order valence-electron chi connectivity index (χ1n) is 10.3. The summed E-state index contributed by atoms with van der Waals surface area (Å²) < 4.78 is 7.36. The fourth-order valence-corrected chi connectivity index (χ4v) is 6.53. The van der Waals surface area contributed by atoms with Crippen molar-refractivity contribution in [2.24, 2.45) is 5.92 Å². The maximum Gasteiger partial charge on any atom is 0.320 e. The molecule has 3 saturated heterocycles. The molecule has 150 valence electrons. The summed E-state index contributed by atoms with van der Waals surface area (Å²) in [4.78, 5) is 15.4. The zero-order chi connectivity index (χ0) is 19.6. The molecule has 0 radical (unpaired) electrons. The predicted octanol–water partition coefficient (Wildman–Crippen LogP) is 5.45. The van der Waals surface area contributed by atoms with Crippen LogP contribution in [0.3, 0.4) is 0 Å². The SMILES string of the molecule is CC(C)=CCC[N+]12CCC(CC1)[C@@H](OC(=O)C(c1cccs1)c1cccs1)C2. The Morgan fingerprint density at radius 1 is 1.18 bits per heavy atom. The van der Waals surface area contributed by atoms with E-state index in [1.165, 1.54) is 38.0 Å². The molecule has 0 spiro atoms. The molecule has 2 bridgehead atoms. The predicted molar refractivity (Wildman–Crippen MR) is 117 cm³/mol. The average Bonchev–Trinajstić information content (AvgIpc) is 3.37. The minimum atomic E-state index is -0.269. The van der Waals surface area contributed by atoms with Crippen LogP contribution in [0.1, 0.15) is 48.8 Å². The lowest BCUT2D eigenvalue weighted by Crippen LogP contribution is -2.64. The molecular weight excluding hydrogens is 386 g/mol. The molecule has 5 rings (SSSR count). The number of allylic oxidation sites excluding steroid dienone is 1. The molecule has 0 N–H and O–H groups in total. The maximum absolute atomic E-state index is 13.3. The lowest BCUT2D eigenvalue weighted by atomic mass is 9.83. The van der Waals surface area contributed by atoms with Gasteiger partial charge in [-0.05, 0) is 36.7 Å². The molecule has 3 aliphatic heterocycles. The Morgan fingerprint density at radius 3 is 2.36 bits per heavy atom. The van der Waals surface area contributed by atoms with E-state index in [9.17, 15) is 4.79 Å². The van der Waals surface area contributed by atoms with Gasteiger partial charge in [-0.1, -0.05) is 23.8 Å². The molecule has 5 heterocycles. The topological polar surface area (TPSA) is 26.3 Å². The number of rotatable bonds is 7. The van der Waals surface area contributed by atoms with Crippen molar-refractivity contribution < 1.29 is 14.0 Å². The smallest absolute Gasteiger partial charge is 0.320 e. The molecular formula is C23H30NO2S2+. The minimum absolute atomic E-state index is 0.0638. The van der Waals surface area contributed by atoms with E-state index in [0.717, 1.165) is 27.2 Å². The van der Waals surface area contributed by atoms with Crippen LogP contribution in [0.4, 0.5) is 0 Å². The summed E-state index contributed by atoms with van der Waals surface area (Å²) in [6.07, 6.45) is 5.92. The summed E-state index contributed by atoms with van der Waals surface area (Å²) in [6, 6.07) is 8.15. The number of nitrogens with zero attached hydrogens (tertiary/aromatic N) is 1. The first-order chi connectivity index (χ1) is 13.6. The van der Waals surface area contributed by atoms with Crippen molar-refractivity contribution in [2.45, 2.75) is 45.1 Å². The van der Waals surface area contributed by atoms with Gasteiger partial charge in [0.05, 0.1) is 19.6 Å². The molecule has 2 aromatic rings. The molecule has 3 nitrogen and oxygen atoms in total. The number of quaternary nitrogens is 1. The molecule has 0 aromatic carbocycles. The van der Waals surface area contributed by atoms with Gasteiger partial charge < -0.3 is 9.22 Å². The molecule has 0 saturated carbocycles. The quantitative estimate of drug-likeness (QED) is 0.341. The Hall–Kier alpha value is -1.43. The fraction of sp³-hybridized carbons (Fsp3) is 0.522. The number of hydrogen-bond acceptors (Lipinski definition) is 4. The Labute approximate surface area is 176 Å². The van der Waals surface area contributed by atoms with Gasteiger partial charge in [0.25, 0.3) is 0 Å². The van der Waals surface area contributed by atoms with Crippen molar-refractivity contribution in [2.75, 3.05) is 26.2 Å². The Morgan fingerprint density at radius 2 is 1.82 bits per heavy atom. The van der Waals surface area contributed by atoms with E-state index in [1.807, 2.05) is 22.9 Å². The number of piperidine rings is 3. The summed E-state index contributed by atoms with van der Waals surface area (Å²) >= 11 is 3.29. The van der Waals surface area contributed by atoms with Crippen LogP contribution in [0.15, 0.2) is 46.7 Å². The highest BCUT2D eigenvalue weighted by atomic mass is 32.1. The molecule has 0 amide bonds. The van der Waals surface area contributed by atoms with Crippen LogP contribution in [0.25, 0.3) is 0 Å². The van der Waals surface area contributed by atoms with Gasteiger partial charge in [-0.3, -0.25) is 4.79 Å². The number of esters is 1. The highest BCUT2D eigenvalue weighted by Crippen LogP contribution is 2.38. The van der Waals surface area contributed by atoms with Crippen molar-refractivity contribution in [3.63, 3.8) is 0 Å². The standard InChI is InChI=1S/C23H30NO2S2/c1-17(2)6-3-11-24-12-9-18(10-13-24)19(16-24)26-23(25)22(20-7-4-14-27-20)21-8-5-15-28-21/h4-8,14-15,18-19,22H,3,9-13,16H2,1-2H3/q+1/t18?,19-,24?/m0/s1. The van der Waals surface area contributed by atoms with Crippen molar-refractivity contribution in [3.05, 3.63) is 56.4 Å². The molecule has 2 aromatic heterocycles. The van der Waals surface area contributed by atoms with E-state index < -0.39 is 0 Å². The third kappa shape index (κ3) is 4.27. The van der Waals surface area contributed by atoms with Gasteiger partial charge in [0, 0.05) is 34.9 Å². The number of thiophene rings is 2. The van der Waals surface area contributed by atoms with Crippen LogP contribution in [0.5, 0.6) is 0 Å². The molecule has 28 heavy (non-hydrogen) atoms. The fourth-order valence-electron chi connectivity index (χ4n) is 4.80. The molecule has 5 heteroatoms. The summed E-state index contributed by atoms with van der Waals surface area (Å²) in [5, 5.41) is 4.09. The van der Waals surface area contributed by atoms with Crippen molar-refractivity contribution in [1.82, 2.24) is 0 Å². The van der Waals surface area contributed by atoms with Gasteiger partial charge in [0.1, 0.15) is 12.5 Å². The first kappa shape index (κ1) is 19.9. The van der Waals surface area contributed by atoms with E-state index in [0.29, 0.717) is 5.92 Å². The summed E-state index contributed by atoms with van der Waals surface area (Å²) in [7, 11) is 0. The van der Waals surface area contributed by atoms with Gasteiger partial charge in [-0.2, -0.15) is 0 Å². The third-order valence-electron chi connectivity index (χ3n) is 6.36. The maximum atomic E-state index is 13.3. The lowest BCUT2D eigenvalue weighted by molar-refractivity contribution is -0.945. The largest absolute Gasteiger partial charge is 0.455 e. The highest BCUT2D eigenvalue weighted by molar-refractivity contribution is 7.11. The van der Waals surface area contributed by atoms with Crippen LogP contribution in [0, 0.1) is 5.92 Å². The second kappa shape index (κ2) is 8.52. The first-order valence-corrected chi connectivity index (χ1v) is 12.1. The van der Waals surface area contributed by atoms with Crippen LogP contribution in [0.2, 0.25) is 0 Å². The summed E-state index contributed by atoms with van der Waals surface area (Å²) in [5.41, 5.74) is 1.39. The van der Waals surface area contributed by atoms with E-state index in [2.05, 4.69) is 32.1 Å². The average molecular weight is 417 g/mol. The molecule has 0 aliphatic carbocycles. The van der Waals surface area contributed by atoms with Gasteiger partial charge in [0.15, 0.2) is 6.10 Å². The minimum Gasteiger partial charge on any atom is -0.455 e. The van der Waals surface area contributed by atoms with Gasteiger partial charge >= 0.3 is 5.97 Å². The van der Waals surface area contributed by atoms with Crippen molar-refractivity contribution in [3.8, 4) is 0 Å². The van der Waals surface area contributed by atoms with Crippen LogP contribution >= 0.6 is 22.7 Å². The molecule has 3 aliphatic rings. The second-order valence-electron chi connectivity index (χ2n) is 8.54. The number of hydrogen-bond donors (Lipinski definition) is 0. The molecule has 3 fully saturated rings. The second-order valence-corrected chi connectivity index (χ2v) is 10.5. The lowest BCUT2D eigenvalue weighted by Gasteiger charge is -2.52. The number of carbonyl (C=O) groups excluding carboxylic acids is 1. The van der Waals surface area contributed by atoms with Crippen molar-refractivity contribution >= 4 is 28.6 Å². The van der Waals surface area contributed by atoms with Gasteiger partial charge in [-0.15, -0.1) is 22.7 Å². The highest BCUT2D eigenvalue weighted by Gasteiger charge is 2.47. The van der Waals surface area contributed by atoms with Crippen molar-refractivity contribution in [1.29, 1.82) is 0 Å². The van der Waals surface area contributed by atoms with E-state index in [4.69, 9.17) is 4.74 Å². The van der Waals surface area contributed by atoms with E-state index in [1.54, 1.807) is 22.7 Å². The van der Waals surface area contributed by atoms with Crippen LogP contribution < -0.4 is 0 Å². The zero-order valence-corrected chi connectivity index (χ0v) is 18.4. The van der Waals surface area contributed by atoms with Crippen LogP contribution in [-0.2, 0) is 9.53 Å². The Balaban J connectivity index is 1.47. The zero-order valence-electron chi connectivity index (χ0n) is 16.8. The van der Waals surface area contributed by atoms with Gasteiger partial charge in [0.2, 0.25) is 0 Å². The van der Waals surface area contributed by atoms with E-state index in [-0.39, 0.29) is 18.0 Å². The Bertz CT molecular complexity index is 764. The number of carbonyl (C=O) groups is 1. The molecule has 0 unspecified atom stereocenters. The monoisotopic (exact) mass is 416 g/mol. The third-order valence-corrected chi connectivity index (χ3v) is 8.23. The Kier molecular flexibility index (Phi) is 6.04. The summed E-state index contributed by atoms with van der Waals surface area (Å²) in [6.45, 7) is 8.99. The van der Waals surface area contributed by atoms with Crippen LogP contribution in [-0.4, -0.2) is 42.7 Å². The summed E-state index contributed by atoms with van der Waals surface area (Å²) in [5.74, 6) is 0.209. The van der Waals surface area contributed by atoms with Gasteiger partial charge in [-0.25, -0.2) is 0 Å². The number of ether oxygens (including phenoxy) is 1. The van der Waals surface area contributed by atoms with E-state index >= 15 is 0 Å². The number of fused-ring (bicyclic) bond motifs is 3. The molecule has 1 atom stereocenters.